The molecular weight excluding hydrogens is 236 g/mol. The van der Waals surface area contributed by atoms with E-state index in [2.05, 4.69) is 47.2 Å². The van der Waals surface area contributed by atoms with Crippen molar-refractivity contribution in [1.29, 1.82) is 0 Å². The molecule has 1 heterocycles. The van der Waals surface area contributed by atoms with Gasteiger partial charge in [-0.1, -0.05) is 30.3 Å². The van der Waals surface area contributed by atoms with E-state index in [1.54, 1.807) is 0 Å². The number of aliphatic hydroxyl groups is 1. The van der Waals surface area contributed by atoms with Crippen LogP contribution in [0.5, 0.6) is 0 Å². The molecule has 1 unspecified atom stereocenters. The Labute approximate surface area is 116 Å². The molecule has 1 aromatic carbocycles. The van der Waals surface area contributed by atoms with Crippen LogP contribution >= 0.6 is 0 Å². The summed E-state index contributed by atoms with van der Waals surface area (Å²) >= 11 is 0. The van der Waals surface area contributed by atoms with E-state index in [0.29, 0.717) is 12.5 Å². The Morgan fingerprint density at radius 2 is 1.95 bits per heavy atom. The first-order chi connectivity index (χ1) is 9.28. The molecule has 1 aromatic rings. The van der Waals surface area contributed by atoms with Gasteiger partial charge in [0.05, 0.1) is 0 Å². The highest BCUT2D eigenvalue weighted by molar-refractivity contribution is 5.14. The number of hydrogen-bond donors (Lipinski definition) is 1. The molecule has 0 bridgehead atoms. The van der Waals surface area contributed by atoms with Crippen molar-refractivity contribution in [2.24, 2.45) is 5.92 Å². The average molecular weight is 262 g/mol. The first-order valence-electron chi connectivity index (χ1n) is 7.33. The van der Waals surface area contributed by atoms with Gasteiger partial charge < -0.3 is 10.0 Å². The van der Waals surface area contributed by atoms with Gasteiger partial charge in [0.1, 0.15) is 0 Å². The van der Waals surface area contributed by atoms with Crippen molar-refractivity contribution >= 4 is 0 Å². The van der Waals surface area contributed by atoms with Crippen molar-refractivity contribution < 1.29 is 5.11 Å². The Hall–Kier alpha value is -0.900. The Bertz CT molecular complexity index is 355. The zero-order valence-corrected chi connectivity index (χ0v) is 12.0. The van der Waals surface area contributed by atoms with Crippen LogP contribution < -0.4 is 0 Å². The van der Waals surface area contributed by atoms with Crippen LogP contribution in [-0.2, 0) is 6.54 Å². The maximum Gasteiger partial charge on any atom is 0.0431 e. The largest absolute Gasteiger partial charge is 0.396 e. The second kappa shape index (κ2) is 7.63. The molecule has 1 aliphatic heterocycles. The normalized spacial score (nSPS) is 22.3. The van der Waals surface area contributed by atoms with Crippen molar-refractivity contribution in [2.75, 3.05) is 39.8 Å². The number of rotatable bonds is 5. The third-order valence-corrected chi connectivity index (χ3v) is 3.90. The number of aliphatic hydroxyl groups excluding tert-OH is 1. The fourth-order valence-electron chi connectivity index (χ4n) is 2.91. The van der Waals surface area contributed by atoms with Crippen molar-refractivity contribution in [3.8, 4) is 0 Å². The van der Waals surface area contributed by atoms with E-state index in [0.717, 1.165) is 45.6 Å². The predicted molar refractivity (Wildman–Crippen MR) is 79.0 cm³/mol. The molecule has 0 radical (unpaired) electrons. The molecule has 1 fully saturated rings. The molecule has 1 atom stereocenters. The van der Waals surface area contributed by atoms with Gasteiger partial charge in [-0.3, -0.25) is 4.90 Å². The summed E-state index contributed by atoms with van der Waals surface area (Å²) in [6.45, 7) is 5.96. The quantitative estimate of drug-likeness (QED) is 0.877. The van der Waals surface area contributed by atoms with E-state index in [-0.39, 0.29) is 0 Å². The van der Waals surface area contributed by atoms with Crippen molar-refractivity contribution in [3.63, 3.8) is 0 Å². The van der Waals surface area contributed by atoms with E-state index in [1.165, 1.54) is 5.56 Å². The highest BCUT2D eigenvalue weighted by atomic mass is 16.2. The van der Waals surface area contributed by atoms with Crippen LogP contribution in [0.15, 0.2) is 30.3 Å². The zero-order valence-electron chi connectivity index (χ0n) is 12.0. The standard InChI is InChI=1S/C16H26N2O/c1-17-9-10-18(13-15-6-3-2-4-7-15)14-16(12-17)8-5-11-19/h2-4,6-7,16,19H,5,8-14H2,1H3. The fraction of sp³-hybridized carbons (Fsp3) is 0.625. The Kier molecular flexibility index (Phi) is 5.83. The van der Waals surface area contributed by atoms with Crippen LogP contribution in [0.4, 0.5) is 0 Å². The number of likely N-dealkylation sites (N-methyl/N-ethyl adjacent to an activating group) is 1. The highest BCUT2D eigenvalue weighted by Gasteiger charge is 2.20. The lowest BCUT2D eigenvalue weighted by Crippen LogP contribution is -2.29. The summed E-state index contributed by atoms with van der Waals surface area (Å²) in [4.78, 5) is 4.98. The van der Waals surface area contributed by atoms with E-state index in [4.69, 9.17) is 5.11 Å². The topological polar surface area (TPSA) is 26.7 Å². The van der Waals surface area contributed by atoms with Gasteiger partial charge in [0, 0.05) is 39.3 Å². The SMILES string of the molecule is CN1CCN(Cc2ccccc2)CC(CCCO)C1. The molecule has 3 heteroatoms. The molecule has 2 rings (SSSR count). The molecule has 0 spiro atoms. The third kappa shape index (κ3) is 4.94. The second-order valence-electron chi connectivity index (χ2n) is 5.71. The summed E-state index contributed by atoms with van der Waals surface area (Å²) in [7, 11) is 2.21. The predicted octanol–water partition coefficient (Wildman–Crippen LogP) is 1.82. The monoisotopic (exact) mass is 262 g/mol. The molecule has 1 saturated heterocycles. The van der Waals surface area contributed by atoms with Crippen LogP contribution in [0.3, 0.4) is 0 Å². The van der Waals surface area contributed by atoms with Gasteiger partial charge in [-0.15, -0.1) is 0 Å². The first kappa shape index (κ1) is 14.5. The highest BCUT2D eigenvalue weighted by Crippen LogP contribution is 2.16. The molecule has 0 aliphatic carbocycles. The number of nitrogens with zero attached hydrogens (tertiary/aromatic N) is 2. The van der Waals surface area contributed by atoms with E-state index in [9.17, 15) is 0 Å². The van der Waals surface area contributed by atoms with Crippen LogP contribution in [0, 0.1) is 5.92 Å². The number of benzene rings is 1. The van der Waals surface area contributed by atoms with E-state index >= 15 is 0 Å². The maximum absolute atomic E-state index is 9.01. The van der Waals surface area contributed by atoms with Gasteiger partial charge in [0.15, 0.2) is 0 Å². The Morgan fingerprint density at radius 3 is 2.68 bits per heavy atom. The van der Waals surface area contributed by atoms with Gasteiger partial charge in [-0.25, -0.2) is 0 Å². The smallest absolute Gasteiger partial charge is 0.0431 e. The van der Waals surface area contributed by atoms with E-state index in [1.807, 2.05) is 0 Å². The van der Waals surface area contributed by atoms with Crippen LogP contribution in [0.1, 0.15) is 18.4 Å². The Morgan fingerprint density at radius 1 is 1.16 bits per heavy atom. The molecule has 106 valence electrons. The minimum absolute atomic E-state index is 0.318. The Balaban J connectivity index is 1.92. The fourth-order valence-corrected chi connectivity index (χ4v) is 2.91. The van der Waals surface area contributed by atoms with Crippen molar-refractivity contribution in [3.05, 3.63) is 35.9 Å². The minimum Gasteiger partial charge on any atom is -0.396 e. The minimum atomic E-state index is 0.318. The molecule has 0 amide bonds. The lowest BCUT2D eigenvalue weighted by molar-refractivity contribution is 0.223. The molecule has 0 saturated carbocycles. The summed E-state index contributed by atoms with van der Waals surface area (Å²) in [6, 6.07) is 10.7. The average Bonchev–Trinajstić information content (AvgIpc) is 2.60. The first-order valence-corrected chi connectivity index (χ1v) is 7.33. The summed E-state index contributed by atoms with van der Waals surface area (Å²) < 4.78 is 0. The third-order valence-electron chi connectivity index (χ3n) is 3.90. The number of hydrogen-bond acceptors (Lipinski definition) is 3. The van der Waals surface area contributed by atoms with Gasteiger partial charge >= 0.3 is 0 Å². The maximum atomic E-state index is 9.01. The molecule has 19 heavy (non-hydrogen) atoms. The summed E-state index contributed by atoms with van der Waals surface area (Å²) in [6.07, 6.45) is 2.06. The van der Waals surface area contributed by atoms with Crippen LogP contribution in [0.25, 0.3) is 0 Å². The molecule has 1 aliphatic rings. The lowest BCUT2D eigenvalue weighted by Gasteiger charge is -2.23. The second-order valence-corrected chi connectivity index (χ2v) is 5.71. The molecular formula is C16H26N2O. The van der Waals surface area contributed by atoms with Gasteiger partial charge in [0.25, 0.3) is 0 Å². The summed E-state index contributed by atoms with van der Waals surface area (Å²) in [5, 5.41) is 9.01. The van der Waals surface area contributed by atoms with Crippen LogP contribution in [0.2, 0.25) is 0 Å². The lowest BCUT2D eigenvalue weighted by atomic mass is 10.0. The molecule has 1 N–H and O–H groups in total. The van der Waals surface area contributed by atoms with Crippen LogP contribution in [-0.4, -0.2) is 54.7 Å². The van der Waals surface area contributed by atoms with Gasteiger partial charge in [-0.2, -0.15) is 0 Å². The van der Waals surface area contributed by atoms with E-state index < -0.39 is 0 Å². The summed E-state index contributed by atoms with van der Waals surface area (Å²) in [5.74, 6) is 0.684. The van der Waals surface area contributed by atoms with Crippen molar-refractivity contribution in [2.45, 2.75) is 19.4 Å². The summed E-state index contributed by atoms with van der Waals surface area (Å²) in [5.41, 5.74) is 1.40. The zero-order chi connectivity index (χ0) is 13.5. The van der Waals surface area contributed by atoms with Crippen molar-refractivity contribution in [1.82, 2.24) is 9.80 Å². The molecule has 0 aromatic heterocycles. The van der Waals surface area contributed by atoms with Gasteiger partial charge in [-0.05, 0) is 31.4 Å². The molecule has 3 nitrogen and oxygen atoms in total. The van der Waals surface area contributed by atoms with Gasteiger partial charge in [0.2, 0.25) is 0 Å².